The number of esters is 1. The lowest BCUT2D eigenvalue weighted by Gasteiger charge is -2.48. The fraction of sp³-hybridized carbons (Fsp3) is 0.522. The maximum absolute atomic E-state index is 13.2. The van der Waals surface area contributed by atoms with E-state index in [0.717, 1.165) is 0 Å². The molecule has 1 aromatic carbocycles. The molecule has 0 saturated carbocycles. The highest BCUT2D eigenvalue weighted by Crippen LogP contribution is 2.52. The van der Waals surface area contributed by atoms with Crippen LogP contribution in [-0.2, 0) is 30.1 Å². The fourth-order valence-corrected chi connectivity index (χ4v) is 6.66. The highest BCUT2D eigenvalue weighted by molar-refractivity contribution is 8.04. The number of hydrogen-bond donors (Lipinski definition) is 1. The average Bonchev–Trinajstić information content (AvgIpc) is 3.09. The van der Waals surface area contributed by atoms with Crippen molar-refractivity contribution in [3.63, 3.8) is 0 Å². The van der Waals surface area contributed by atoms with Crippen molar-refractivity contribution in [2.45, 2.75) is 63.9 Å². The molecule has 2 heterocycles. The minimum atomic E-state index is -2.15. The molecule has 196 valence electrons. The summed E-state index contributed by atoms with van der Waals surface area (Å²) >= 11 is 1.25. The first-order chi connectivity index (χ1) is 16.6. The number of ether oxygens (including phenoxy) is 2. The third-order valence-corrected chi connectivity index (χ3v) is 12.6. The smallest absolute Gasteiger partial charge is 0.404 e. The number of nitrogens with zero attached hydrogens (tertiary/aromatic N) is 2. The van der Waals surface area contributed by atoms with Gasteiger partial charge in [0.05, 0.1) is 21.9 Å². The van der Waals surface area contributed by atoms with Gasteiger partial charge in [-0.15, -0.1) is 0 Å². The predicted octanol–water partition coefficient (Wildman–Crippen LogP) is 3.89. The molecule has 1 saturated heterocycles. The second kappa shape index (κ2) is 10.2. The Morgan fingerprint density at radius 2 is 1.81 bits per heavy atom. The van der Waals surface area contributed by atoms with E-state index < -0.39 is 36.6 Å². The Hall–Kier alpha value is -2.90. The number of nitro benzene ring substituents is 1. The van der Waals surface area contributed by atoms with Crippen molar-refractivity contribution in [2.24, 2.45) is 11.7 Å². The van der Waals surface area contributed by atoms with Crippen LogP contribution in [0.1, 0.15) is 33.3 Å². The van der Waals surface area contributed by atoms with Gasteiger partial charge >= 0.3 is 12.1 Å². The van der Waals surface area contributed by atoms with Crippen molar-refractivity contribution in [1.82, 2.24) is 4.90 Å². The standard InChI is InChI=1S/C23H31N3O8SSi/c1-13(34-36(5,6)23(2,3)4)17-19(27)25-18(16(35-20(17)25)12-33-22(24)29)21(28)32-11-14-7-9-15(10-8-14)26(30)31/h7-10,13,17,20H,11-12H2,1-6H3,(H2,24,29)/t13-,17+,20-/m1/s1. The first-order valence-corrected chi connectivity index (χ1v) is 15.2. The third kappa shape index (κ3) is 5.57. The van der Waals surface area contributed by atoms with Gasteiger partial charge in [0.2, 0.25) is 5.91 Å². The second-order valence-corrected chi connectivity index (χ2v) is 16.2. The summed E-state index contributed by atoms with van der Waals surface area (Å²) in [6.07, 6.45) is -1.38. The van der Waals surface area contributed by atoms with E-state index in [-0.39, 0.29) is 41.6 Å². The first kappa shape index (κ1) is 27.7. The Labute approximate surface area is 214 Å². The summed E-state index contributed by atoms with van der Waals surface area (Å²) in [7, 11) is -2.15. The second-order valence-electron chi connectivity index (χ2n) is 10.2. The minimum Gasteiger partial charge on any atom is -0.456 e. The molecule has 2 N–H and O–H groups in total. The molecule has 3 atom stereocenters. The first-order valence-electron chi connectivity index (χ1n) is 11.4. The van der Waals surface area contributed by atoms with Crippen LogP contribution in [0.2, 0.25) is 18.1 Å². The van der Waals surface area contributed by atoms with Crippen LogP contribution in [0.25, 0.3) is 0 Å². The Kier molecular flexibility index (Phi) is 7.86. The predicted molar refractivity (Wildman–Crippen MR) is 135 cm³/mol. The molecule has 1 aromatic rings. The van der Waals surface area contributed by atoms with E-state index >= 15 is 0 Å². The third-order valence-electron chi connectivity index (χ3n) is 6.70. The van der Waals surface area contributed by atoms with Crippen LogP contribution in [0.3, 0.4) is 0 Å². The van der Waals surface area contributed by atoms with Crippen molar-refractivity contribution in [3.05, 3.63) is 50.5 Å². The van der Waals surface area contributed by atoms with E-state index in [9.17, 15) is 24.5 Å². The van der Waals surface area contributed by atoms with Crippen molar-refractivity contribution >= 4 is 43.7 Å². The van der Waals surface area contributed by atoms with Crippen LogP contribution in [-0.4, -0.2) is 54.2 Å². The number of hydrogen-bond acceptors (Lipinski definition) is 9. The lowest BCUT2D eigenvalue weighted by molar-refractivity contribution is -0.384. The van der Waals surface area contributed by atoms with Gasteiger partial charge in [-0.1, -0.05) is 32.5 Å². The van der Waals surface area contributed by atoms with Crippen LogP contribution < -0.4 is 5.73 Å². The molecule has 36 heavy (non-hydrogen) atoms. The maximum Gasteiger partial charge on any atom is 0.404 e. The Morgan fingerprint density at radius 3 is 2.33 bits per heavy atom. The molecule has 0 aromatic heterocycles. The van der Waals surface area contributed by atoms with Gasteiger partial charge in [0.25, 0.3) is 5.69 Å². The number of thioether (sulfide) groups is 1. The van der Waals surface area contributed by atoms with Gasteiger partial charge in [0, 0.05) is 12.1 Å². The van der Waals surface area contributed by atoms with E-state index in [0.29, 0.717) is 10.5 Å². The Morgan fingerprint density at radius 1 is 1.19 bits per heavy atom. The number of rotatable bonds is 9. The molecule has 2 aliphatic rings. The van der Waals surface area contributed by atoms with E-state index in [2.05, 4.69) is 33.9 Å². The quantitative estimate of drug-likeness (QED) is 0.163. The minimum absolute atomic E-state index is 0.00828. The summed E-state index contributed by atoms with van der Waals surface area (Å²) in [6.45, 7) is 12.0. The van der Waals surface area contributed by atoms with E-state index in [1.807, 2.05) is 6.92 Å². The molecule has 2 aliphatic heterocycles. The van der Waals surface area contributed by atoms with Crippen molar-refractivity contribution < 1.29 is 33.2 Å². The number of benzene rings is 1. The normalized spacial score (nSPS) is 20.5. The summed E-state index contributed by atoms with van der Waals surface area (Å²) < 4.78 is 16.7. The summed E-state index contributed by atoms with van der Waals surface area (Å²) in [5.41, 5.74) is 5.57. The number of carbonyl (C=O) groups excluding carboxylic acids is 3. The zero-order valence-corrected chi connectivity index (χ0v) is 22.9. The number of fused-ring (bicyclic) bond motifs is 1. The highest BCUT2D eigenvalue weighted by atomic mass is 32.2. The van der Waals surface area contributed by atoms with Gasteiger partial charge in [-0.05, 0) is 42.8 Å². The Bertz CT molecular complexity index is 1100. The molecule has 2 amide bonds. The van der Waals surface area contributed by atoms with Crippen LogP contribution in [0.5, 0.6) is 0 Å². The summed E-state index contributed by atoms with van der Waals surface area (Å²) in [6, 6.07) is 5.58. The number of nitrogens with two attached hydrogens (primary N) is 1. The molecule has 0 spiro atoms. The van der Waals surface area contributed by atoms with Gasteiger partial charge < -0.3 is 19.6 Å². The fourth-order valence-electron chi connectivity index (χ4n) is 3.72. The van der Waals surface area contributed by atoms with E-state index in [4.69, 9.17) is 19.6 Å². The maximum atomic E-state index is 13.2. The van der Waals surface area contributed by atoms with Crippen LogP contribution >= 0.6 is 11.8 Å². The zero-order valence-electron chi connectivity index (χ0n) is 21.1. The molecule has 3 rings (SSSR count). The lowest BCUT2D eigenvalue weighted by Crippen LogP contribution is -2.62. The number of primary amides is 1. The number of non-ortho nitro benzene ring substituents is 1. The molecule has 0 bridgehead atoms. The topological polar surface area (TPSA) is 151 Å². The van der Waals surface area contributed by atoms with Crippen molar-refractivity contribution in [3.8, 4) is 0 Å². The highest BCUT2D eigenvalue weighted by Gasteiger charge is 2.59. The summed E-state index contributed by atoms with van der Waals surface area (Å²) in [5, 5.41) is 10.4. The number of carbonyl (C=O) groups is 3. The largest absolute Gasteiger partial charge is 0.456 e. The van der Waals surface area contributed by atoms with Gasteiger partial charge in [0.1, 0.15) is 24.3 Å². The van der Waals surface area contributed by atoms with Crippen molar-refractivity contribution in [1.29, 1.82) is 0 Å². The molecule has 11 nitrogen and oxygen atoms in total. The van der Waals surface area contributed by atoms with Gasteiger partial charge in [0.15, 0.2) is 8.32 Å². The molecule has 0 aliphatic carbocycles. The molecule has 0 unspecified atom stereocenters. The Balaban J connectivity index is 1.75. The zero-order chi connectivity index (χ0) is 27.0. The lowest BCUT2D eigenvalue weighted by atomic mass is 9.92. The van der Waals surface area contributed by atoms with E-state index in [1.165, 1.54) is 40.9 Å². The van der Waals surface area contributed by atoms with Gasteiger partial charge in [-0.3, -0.25) is 19.8 Å². The van der Waals surface area contributed by atoms with Gasteiger partial charge in [-0.25, -0.2) is 9.59 Å². The SMILES string of the molecule is C[C@@H](O[Si](C)(C)C(C)(C)C)[C@H]1C(=O)N2C(C(=O)OCc3ccc([N+](=O)[O-])cc3)=C(COC(N)=O)S[C@H]12. The van der Waals surface area contributed by atoms with Gasteiger partial charge in [-0.2, -0.15) is 0 Å². The molecular formula is C23H31N3O8SSi. The van der Waals surface area contributed by atoms with Crippen molar-refractivity contribution in [2.75, 3.05) is 6.61 Å². The number of β-lactam (4-membered cyclic amide) rings is 1. The summed E-state index contributed by atoms with van der Waals surface area (Å²) in [4.78, 5) is 49.5. The number of amides is 2. The monoisotopic (exact) mass is 537 g/mol. The molecular weight excluding hydrogens is 506 g/mol. The summed E-state index contributed by atoms with van der Waals surface area (Å²) in [5.74, 6) is -1.51. The van der Waals surface area contributed by atoms with Crippen LogP contribution in [0, 0.1) is 16.0 Å². The molecule has 0 radical (unpaired) electrons. The molecule has 13 heteroatoms. The average molecular weight is 538 g/mol. The van der Waals surface area contributed by atoms with Crippen LogP contribution in [0.15, 0.2) is 34.9 Å². The molecule has 1 fully saturated rings. The number of nitro groups is 1. The van der Waals surface area contributed by atoms with Crippen LogP contribution in [0.4, 0.5) is 10.5 Å². The van der Waals surface area contributed by atoms with E-state index in [1.54, 1.807) is 0 Å².